The molecule has 1 aromatic heterocycles. The maximum absolute atomic E-state index is 5.15. The molecule has 6 rings (SSSR count). The van der Waals surface area contributed by atoms with E-state index in [0.717, 1.165) is 47.1 Å². The number of benzene rings is 5. The molecule has 6 aromatic rings. The highest BCUT2D eigenvalue weighted by Crippen LogP contribution is 2.40. The monoisotopic (exact) mass is 519 g/mol. The molecule has 0 atom stereocenters. The van der Waals surface area contributed by atoms with Gasteiger partial charge in [-0.05, 0) is 57.5 Å². The average molecular weight is 520 g/mol. The van der Waals surface area contributed by atoms with Gasteiger partial charge in [-0.2, -0.15) is 0 Å². The Labute approximate surface area is 236 Å². The summed E-state index contributed by atoms with van der Waals surface area (Å²) in [6.07, 6.45) is 3.29. The summed E-state index contributed by atoms with van der Waals surface area (Å²) in [7, 11) is 0. The highest BCUT2D eigenvalue weighted by molar-refractivity contribution is 5.82. The summed E-state index contributed by atoms with van der Waals surface area (Å²) >= 11 is 0. The van der Waals surface area contributed by atoms with E-state index in [4.69, 9.17) is 15.4 Å². The normalized spacial score (nSPS) is 11.4. The average Bonchev–Trinajstić information content (AvgIpc) is 3.53. The fraction of sp³-hybridized carbons (Fsp3) is 0.139. The van der Waals surface area contributed by atoms with Crippen LogP contribution >= 0.6 is 0 Å². The third-order valence-electron chi connectivity index (χ3n) is 7.50. The van der Waals surface area contributed by atoms with Gasteiger partial charge in [-0.1, -0.05) is 147 Å². The van der Waals surface area contributed by atoms with Crippen LogP contribution in [-0.4, -0.2) is 20.2 Å². The predicted molar refractivity (Wildman–Crippen MR) is 161 cm³/mol. The molecule has 0 bridgehead atoms. The van der Waals surface area contributed by atoms with E-state index in [-0.39, 0.29) is 0 Å². The summed E-state index contributed by atoms with van der Waals surface area (Å²) in [4.78, 5) is 1.79. The van der Waals surface area contributed by atoms with Crippen LogP contribution in [0.1, 0.15) is 42.0 Å². The summed E-state index contributed by atoms with van der Waals surface area (Å²) in [6, 6.07) is 49.2. The van der Waals surface area contributed by atoms with Gasteiger partial charge in [0.2, 0.25) is 5.82 Å². The molecule has 0 amide bonds. The lowest BCUT2D eigenvalue weighted by Crippen LogP contribution is -2.39. The van der Waals surface area contributed by atoms with Crippen molar-refractivity contribution in [2.24, 2.45) is 0 Å². The van der Waals surface area contributed by atoms with Crippen molar-refractivity contribution in [1.29, 1.82) is 0 Å². The van der Waals surface area contributed by atoms with Gasteiger partial charge in [0, 0.05) is 5.56 Å². The number of rotatable bonds is 9. The number of unbranched alkanes of at least 4 members (excludes halogenated alkanes) is 1. The Hall–Kier alpha value is -4.83. The van der Waals surface area contributed by atoms with Crippen molar-refractivity contribution in [3.8, 4) is 22.5 Å². The highest BCUT2D eigenvalue weighted by atomic mass is 15.6. The molecular weight excluding hydrogens is 488 g/mol. The SMILES string of the molecule is CCCCc1c[c]ccc1-c1ccccc1-c1nnn(C(c2ccccc2)(c2ccccc2)c2ccccc2)n1. The van der Waals surface area contributed by atoms with Gasteiger partial charge in [-0.15, -0.1) is 15.0 Å². The minimum absolute atomic E-state index is 0.594. The molecule has 195 valence electrons. The van der Waals surface area contributed by atoms with Gasteiger partial charge in [0.15, 0.2) is 5.54 Å². The zero-order valence-electron chi connectivity index (χ0n) is 22.6. The summed E-state index contributed by atoms with van der Waals surface area (Å²) in [6.45, 7) is 2.22. The lowest BCUT2D eigenvalue weighted by molar-refractivity contribution is 0.396. The van der Waals surface area contributed by atoms with E-state index >= 15 is 0 Å². The second kappa shape index (κ2) is 11.5. The topological polar surface area (TPSA) is 43.6 Å². The molecule has 0 saturated carbocycles. The van der Waals surface area contributed by atoms with Gasteiger partial charge in [-0.25, -0.2) is 0 Å². The largest absolute Gasteiger partial charge is 0.205 e. The first-order valence-electron chi connectivity index (χ1n) is 13.9. The maximum atomic E-state index is 5.15. The van der Waals surface area contributed by atoms with Crippen LogP contribution in [0.15, 0.2) is 133 Å². The molecule has 4 nitrogen and oxygen atoms in total. The first-order chi connectivity index (χ1) is 19.8. The van der Waals surface area contributed by atoms with Gasteiger partial charge < -0.3 is 0 Å². The van der Waals surface area contributed by atoms with Gasteiger partial charge >= 0.3 is 0 Å². The third-order valence-corrected chi connectivity index (χ3v) is 7.50. The fourth-order valence-corrected chi connectivity index (χ4v) is 5.56. The predicted octanol–water partition coefficient (Wildman–Crippen LogP) is 7.99. The van der Waals surface area contributed by atoms with Crippen LogP contribution < -0.4 is 0 Å². The van der Waals surface area contributed by atoms with Crippen LogP contribution in [0.5, 0.6) is 0 Å². The van der Waals surface area contributed by atoms with Crippen molar-refractivity contribution in [1.82, 2.24) is 20.2 Å². The molecule has 0 fully saturated rings. The number of aryl methyl sites for hydroxylation is 1. The van der Waals surface area contributed by atoms with Crippen molar-refractivity contribution in [3.63, 3.8) is 0 Å². The minimum Gasteiger partial charge on any atom is -0.144 e. The number of hydrogen-bond donors (Lipinski definition) is 0. The Bertz CT molecular complexity index is 1580. The van der Waals surface area contributed by atoms with Gasteiger partial charge in [0.25, 0.3) is 0 Å². The molecule has 1 radical (unpaired) electrons. The minimum atomic E-state index is -0.808. The van der Waals surface area contributed by atoms with Crippen molar-refractivity contribution in [2.75, 3.05) is 0 Å². The zero-order chi connectivity index (χ0) is 27.2. The van der Waals surface area contributed by atoms with E-state index in [1.807, 2.05) is 30.3 Å². The second-order valence-corrected chi connectivity index (χ2v) is 9.94. The Morgan fingerprint density at radius 2 is 1.20 bits per heavy atom. The first kappa shape index (κ1) is 25.4. The van der Waals surface area contributed by atoms with Crippen LogP contribution in [-0.2, 0) is 12.0 Å². The number of tetrazole rings is 1. The molecular formula is C36H31N4. The van der Waals surface area contributed by atoms with Crippen LogP contribution in [0.4, 0.5) is 0 Å². The lowest BCUT2D eigenvalue weighted by atomic mass is 9.77. The molecule has 0 aliphatic heterocycles. The quantitative estimate of drug-likeness (QED) is 0.182. The molecule has 0 spiro atoms. The lowest BCUT2D eigenvalue weighted by Gasteiger charge is -2.34. The van der Waals surface area contributed by atoms with Crippen LogP contribution in [0, 0.1) is 6.07 Å². The standard InChI is InChI=1S/C36H31N4/c1-2-3-17-28-18-13-14-25-32(28)33-26-15-16-27-34(33)35-37-39-40(38-35)36(29-19-7-4-8-20-29,30-21-9-5-10-22-30)31-23-11-6-12-24-31/h4-12,14-16,18-27H,2-3,17H2,1H3. The second-order valence-electron chi connectivity index (χ2n) is 9.94. The van der Waals surface area contributed by atoms with Crippen LogP contribution in [0.2, 0.25) is 0 Å². The summed E-state index contributed by atoms with van der Waals surface area (Å²) in [5, 5.41) is 14.6. The highest BCUT2D eigenvalue weighted by Gasteiger charge is 2.41. The van der Waals surface area contributed by atoms with Gasteiger partial charge in [0.1, 0.15) is 0 Å². The molecule has 40 heavy (non-hydrogen) atoms. The maximum Gasteiger partial charge on any atom is 0.205 e. The van der Waals surface area contributed by atoms with E-state index in [1.165, 1.54) is 11.1 Å². The first-order valence-corrected chi connectivity index (χ1v) is 13.9. The molecule has 1 heterocycles. The Morgan fingerprint density at radius 3 is 1.77 bits per heavy atom. The van der Waals surface area contributed by atoms with E-state index < -0.39 is 5.54 Å². The molecule has 0 aliphatic rings. The van der Waals surface area contributed by atoms with E-state index in [0.29, 0.717) is 5.82 Å². The van der Waals surface area contributed by atoms with Crippen LogP contribution in [0.25, 0.3) is 22.5 Å². The van der Waals surface area contributed by atoms with E-state index in [1.54, 1.807) is 4.80 Å². The molecule has 0 N–H and O–H groups in total. The van der Waals surface area contributed by atoms with E-state index in [9.17, 15) is 0 Å². The number of nitrogens with zero attached hydrogens (tertiary/aromatic N) is 4. The summed E-state index contributed by atoms with van der Waals surface area (Å²) in [5.41, 5.74) is 6.92. The third kappa shape index (κ3) is 4.62. The van der Waals surface area contributed by atoms with Gasteiger partial charge in [-0.3, -0.25) is 0 Å². The molecule has 0 saturated heterocycles. The van der Waals surface area contributed by atoms with Crippen molar-refractivity contribution < 1.29 is 0 Å². The van der Waals surface area contributed by atoms with Crippen molar-refractivity contribution in [3.05, 3.63) is 162 Å². The molecule has 0 aliphatic carbocycles. The van der Waals surface area contributed by atoms with Crippen molar-refractivity contribution in [2.45, 2.75) is 31.7 Å². The van der Waals surface area contributed by atoms with E-state index in [2.05, 4.69) is 116 Å². The van der Waals surface area contributed by atoms with Crippen molar-refractivity contribution >= 4 is 0 Å². The van der Waals surface area contributed by atoms with Gasteiger partial charge in [0.05, 0.1) is 0 Å². The molecule has 0 unspecified atom stereocenters. The molecule has 5 aromatic carbocycles. The molecule has 4 heteroatoms. The number of aromatic nitrogens is 4. The number of hydrogen-bond acceptors (Lipinski definition) is 3. The van der Waals surface area contributed by atoms with Crippen LogP contribution in [0.3, 0.4) is 0 Å². The Morgan fingerprint density at radius 1 is 0.650 bits per heavy atom. The summed E-state index contributed by atoms with van der Waals surface area (Å²) < 4.78 is 0. The fourth-order valence-electron chi connectivity index (χ4n) is 5.56. The smallest absolute Gasteiger partial charge is 0.144 e. The summed E-state index contributed by atoms with van der Waals surface area (Å²) in [5.74, 6) is 0.594. The Balaban J connectivity index is 1.56. The zero-order valence-corrected chi connectivity index (χ0v) is 22.6. The Kier molecular flexibility index (Phi) is 7.32.